The van der Waals surface area contributed by atoms with Gasteiger partial charge in [-0.05, 0) is 6.07 Å². The number of hydrogen-bond acceptors (Lipinski definition) is 1. The molecule has 2 aromatic heterocycles. The maximum absolute atomic E-state index is 3.84. The topological polar surface area (TPSA) is 44.5 Å². The van der Waals surface area contributed by atoms with E-state index in [1.807, 2.05) is 0 Å². The Labute approximate surface area is 45.8 Å². The van der Waals surface area contributed by atoms with Crippen LogP contribution in [-0.2, 0) is 0 Å². The lowest BCUT2D eigenvalue weighted by Crippen LogP contribution is -1.59. The molecule has 0 unspecified atom stereocenters. The van der Waals surface area contributed by atoms with Crippen molar-refractivity contribution in [1.82, 2.24) is 15.0 Å². The van der Waals surface area contributed by atoms with Gasteiger partial charge in [0.2, 0.25) is 0 Å². The minimum absolute atomic E-state index is 0.880. The Morgan fingerprint density at radius 1 is 1.50 bits per heavy atom. The van der Waals surface area contributed by atoms with E-state index in [0.717, 1.165) is 11.2 Å². The van der Waals surface area contributed by atoms with Crippen LogP contribution >= 0.6 is 0 Å². The van der Waals surface area contributed by atoms with Crippen LogP contribution in [0.4, 0.5) is 0 Å². The van der Waals surface area contributed by atoms with Crippen molar-refractivity contribution in [3.8, 4) is 0 Å². The molecule has 3 nitrogen and oxygen atoms in total. The Morgan fingerprint density at radius 3 is 3.38 bits per heavy atom. The SMILES string of the molecule is [c]1cc2n[c][nH]c2[nH]1. The van der Waals surface area contributed by atoms with Crippen LogP contribution in [-0.4, -0.2) is 15.0 Å². The smallest absolute Gasteiger partial charge is 0.175 e. The average Bonchev–Trinajstić information content (AvgIpc) is 2.15. The molecule has 2 radical (unpaired) electrons. The fourth-order valence-electron chi connectivity index (χ4n) is 0.640. The van der Waals surface area contributed by atoms with E-state index in [-0.39, 0.29) is 0 Å². The van der Waals surface area contributed by atoms with Gasteiger partial charge in [0, 0.05) is 0 Å². The highest BCUT2D eigenvalue weighted by atomic mass is 14.9. The van der Waals surface area contributed by atoms with E-state index < -0.39 is 0 Å². The first-order chi connectivity index (χ1) is 3.97. The molecule has 0 aliphatic heterocycles. The molecular weight excluding hydrogens is 102 g/mol. The summed E-state index contributed by atoms with van der Waals surface area (Å²) in [6, 6.07) is 1.77. The summed E-state index contributed by atoms with van der Waals surface area (Å²) in [7, 11) is 0. The van der Waals surface area contributed by atoms with Gasteiger partial charge < -0.3 is 9.97 Å². The van der Waals surface area contributed by atoms with Crippen LogP contribution in [0.3, 0.4) is 0 Å². The van der Waals surface area contributed by atoms with E-state index in [9.17, 15) is 0 Å². The highest BCUT2D eigenvalue weighted by molar-refractivity contribution is 5.69. The van der Waals surface area contributed by atoms with Crippen molar-refractivity contribution in [3.63, 3.8) is 0 Å². The Bertz CT molecular complexity index is 229. The van der Waals surface area contributed by atoms with Gasteiger partial charge >= 0.3 is 0 Å². The van der Waals surface area contributed by atoms with Crippen molar-refractivity contribution >= 4 is 11.2 Å². The second-order valence-electron chi connectivity index (χ2n) is 1.52. The lowest BCUT2D eigenvalue weighted by Gasteiger charge is -1.66. The largest absolute Gasteiger partial charge is 0.338 e. The first kappa shape index (κ1) is 3.72. The molecule has 0 aliphatic carbocycles. The summed E-state index contributed by atoms with van der Waals surface area (Å²) in [5.41, 5.74) is 1.76. The number of imidazole rings is 1. The molecule has 0 saturated carbocycles. The molecule has 0 spiro atoms. The zero-order valence-electron chi connectivity index (χ0n) is 4.02. The Hall–Kier alpha value is -1.25. The third-order valence-electron chi connectivity index (χ3n) is 1.02. The molecule has 0 bridgehead atoms. The third kappa shape index (κ3) is 0.307. The van der Waals surface area contributed by atoms with Crippen molar-refractivity contribution in [3.05, 3.63) is 18.6 Å². The van der Waals surface area contributed by atoms with E-state index in [0.29, 0.717) is 0 Å². The van der Waals surface area contributed by atoms with Gasteiger partial charge in [0.1, 0.15) is 11.2 Å². The monoisotopic (exact) mass is 105 g/mol. The van der Waals surface area contributed by atoms with Crippen LogP contribution in [0.1, 0.15) is 0 Å². The molecule has 2 rings (SSSR count). The maximum atomic E-state index is 3.84. The average molecular weight is 105 g/mol. The molecule has 2 heterocycles. The number of hydrogen-bond donors (Lipinski definition) is 2. The van der Waals surface area contributed by atoms with Gasteiger partial charge in [0.15, 0.2) is 6.33 Å². The molecule has 0 aromatic carbocycles. The minimum atomic E-state index is 0.880. The predicted molar refractivity (Wildman–Crippen MR) is 28.1 cm³/mol. The second-order valence-corrected chi connectivity index (χ2v) is 1.52. The van der Waals surface area contributed by atoms with Crippen molar-refractivity contribution in [2.24, 2.45) is 0 Å². The van der Waals surface area contributed by atoms with Gasteiger partial charge in [-0.3, -0.25) is 0 Å². The van der Waals surface area contributed by atoms with Gasteiger partial charge in [-0.25, -0.2) is 4.98 Å². The number of nitrogens with zero attached hydrogens (tertiary/aromatic N) is 1. The first-order valence-corrected chi connectivity index (χ1v) is 2.27. The van der Waals surface area contributed by atoms with Gasteiger partial charge in [-0.15, -0.1) is 0 Å². The number of nitrogens with one attached hydrogen (secondary N) is 2. The standard InChI is InChI=1S/C5H3N3/c1-2-6-5-4(1)7-3-8-5/h1,6H,(H,7,8). The summed E-state index contributed by atoms with van der Waals surface area (Å²) in [6.07, 6.45) is 5.37. The molecule has 3 heteroatoms. The second kappa shape index (κ2) is 1.12. The van der Waals surface area contributed by atoms with Crippen LogP contribution in [0, 0.1) is 12.5 Å². The molecule has 0 saturated heterocycles. The summed E-state index contributed by atoms with van der Waals surface area (Å²) >= 11 is 0. The summed E-state index contributed by atoms with van der Waals surface area (Å²) in [5.74, 6) is 0. The van der Waals surface area contributed by atoms with Crippen LogP contribution < -0.4 is 0 Å². The summed E-state index contributed by atoms with van der Waals surface area (Å²) in [6.45, 7) is 0. The lowest BCUT2D eigenvalue weighted by atomic mass is 10.6. The zero-order valence-corrected chi connectivity index (χ0v) is 4.02. The molecule has 2 N–H and O–H groups in total. The van der Waals surface area contributed by atoms with Gasteiger partial charge in [-0.1, -0.05) is 0 Å². The summed E-state index contributed by atoms with van der Waals surface area (Å²) in [4.78, 5) is 9.44. The van der Waals surface area contributed by atoms with E-state index in [2.05, 4.69) is 27.5 Å². The molecule has 0 amide bonds. The Morgan fingerprint density at radius 2 is 2.50 bits per heavy atom. The summed E-state index contributed by atoms with van der Waals surface area (Å²) in [5, 5.41) is 0. The molecule has 2 aromatic rings. The fourth-order valence-corrected chi connectivity index (χ4v) is 0.640. The van der Waals surface area contributed by atoms with E-state index >= 15 is 0 Å². The number of aromatic nitrogens is 3. The highest BCUT2D eigenvalue weighted by Gasteiger charge is 1.91. The first-order valence-electron chi connectivity index (χ1n) is 2.27. The van der Waals surface area contributed by atoms with Crippen LogP contribution in [0.15, 0.2) is 6.07 Å². The molecule has 38 valence electrons. The molecular formula is C5H3N3. The minimum Gasteiger partial charge on any atom is -0.338 e. The van der Waals surface area contributed by atoms with Crippen molar-refractivity contribution in [1.29, 1.82) is 0 Å². The fraction of sp³-hybridized carbons (Fsp3) is 0. The van der Waals surface area contributed by atoms with E-state index in [1.165, 1.54) is 0 Å². The van der Waals surface area contributed by atoms with Crippen molar-refractivity contribution in [2.45, 2.75) is 0 Å². The predicted octanol–water partition coefficient (Wildman–Crippen LogP) is 0.491. The third-order valence-corrected chi connectivity index (χ3v) is 1.02. The maximum Gasteiger partial charge on any atom is 0.175 e. The number of fused-ring (bicyclic) bond motifs is 1. The van der Waals surface area contributed by atoms with Crippen molar-refractivity contribution < 1.29 is 0 Å². The number of H-pyrrole nitrogens is 2. The van der Waals surface area contributed by atoms with Gasteiger partial charge in [0.05, 0.1) is 6.20 Å². The Kier molecular flexibility index (Phi) is 0.521. The summed E-state index contributed by atoms with van der Waals surface area (Å²) < 4.78 is 0. The zero-order chi connectivity index (χ0) is 5.40. The normalized spacial score (nSPS) is 10.5. The van der Waals surface area contributed by atoms with E-state index in [4.69, 9.17) is 0 Å². The lowest BCUT2D eigenvalue weighted by molar-refractivity contribution is 1.27. The van der Waals surface area contributed by atoms with Crippen molar-refractivity contribution in [2.75, 3.05) is 0 Å². The number of aromatic amines is 2. The molecule has 8 heavy (non-hydrogen) atoms. The highest BCUT2D eigenvalue weighted by Crippen LogP contribution is 2.01. The van der Waals surface area contributed by atoms with Gasteiger partial charge in [0.25, 0.3) is 0 Å². The Balaban J connectivity index is 3.06. The molecule has 0 aliphatic rings. The van der Waals surface area contributed by atoms with Crippen LogP contribution in [0.25, 0.3) is 11.2 Å². The molecule has 0 atom stereocenters. The molecule has 0 fully saturated rings. The quantitative estimate of drug-likeness (QED) is 0.503. The number of rotatable bonds is 0. The van der Waals surface area contributed by atoms with E-state index in [1.54, 1.807) is 6.07 Å². The van der Waals surface area contributed by atoms with Crippen LogP contribution in [0.5, 0.6) is 0 Å². The van der Waals surface area contributed by atoms with Gasteiger partial charge in [-0.2, -0.15) is 0 Å². The van der Waals surface area contributed by atoms with Crippen LogP contribution in [0.2, 0.25) is 0 Å².